The molecule has 0 saturated carbocycles. The van der Waals surface area contributed by atoms with Crippen LogP contribution in [0.4, 0.5) is 4.39 Å². The Morgan fingerprint density at radius 2 is 1.81 bits per heavy atom. The maximum Gasteiger partial charge on any atom is 0.124 e. The van der Waals surface area contributed by atoms with Gasteiger partial charge in [0.15, 0.2) is 0 Å². The highest BCUT2D eigenvalue weighted by Gasteiger charge is 2.06. The molecule has 3 nitrogen and oxygen atoms in total. The van der Waals surface area contributed by atoms with Crippen molar-refractivity contribution in [3.63, 3.8) is 0 Å². The van der Waals surface area contributed by atoms with Gasteiger partial charge in [0.1, 0.15) is 18.2 Å². The molecule has 0 unspecified atom stereocenters. The summed E-state index contributed by atoms with van der Waals surface area (Å²) in [5.41, 5.74) is 2.68. The normalized spacial score (nSPS) is 10.6. The van der Waals surface area contributed by atoms with Gasteiger partial charge in [-0.05, 0) is 35.9 Å². The SMILES string of the molecule is CCNCc1cc(F)ccc1OCc1ccc(CO)cc1. The number of nitrogens with one attached hydrogen (secondary N) is 1. The smallest absolute Gasteiger partial charge is 0.124 e. The second kappa shape index (κ2) is 7.76. The highest BCUT2D eigenvalue weighted by molar-refractivity contribution is 5.34. The van der Waals surface area contributed by atoms with Gasteiger partial charge in [-0.3, -0.25) is 0 Å². The average molecular weight is 289 g/mol. The van der Waals surface area contributed by atoms with Crippen LogP contribution in [0.3, 0.4) is 0 Å². The van der Waals surface area contributed by atoms with Gasteiger partial charge in [-0.15, -0.1) is 0 Å². The van der Waals surface area contributed by atoms with Crippen molar-refractivity contribution >= 4 is 0 Å². The summed E-state index contributed by atoms with van der Waals surface area (Å²) in [4.78, 5) is 0. The van der Waals surface area contributed by atoms with E-state index in [1.54, 1.807) is 6.07 Å². The largest absolute Gasteiger partial charge is 0.489 e. The van der Waals surface area contributed by atoms with E-state index >= 15 is 0 Å². The fourth-order valence-electron chi connectivity index (χ4n) is 1.99. The van der Waals surface area contributed by atoms with Crippen molar-refractivity contribution in [1.82, 2.24) is 5.32 Å². The van der Waals surface area contributed by atoms with Crippen LogP contribution in [0.25, 0.3) is 0 Å². The molecule has 0 aliphatic carbocycles. The topological polar surface area (TPSA) is 41.5 Å². The first-order valence-corrected chi connectivity index (χ1v) is 7.03. The lowest BCUT2D eigenvalue weighted by molar-refractivity contribution is 0.281. The fraction of sp³-hybridized carbons (Fsp3) is 0.294. The number of halogens is 1. The molecule has 0 radical (unpaired) electrons. The van der Waals surface area contributed by atoms with E-state index in [-0.39, 0.29) is 12.4 Å². The number of hydrogen-bond acceptors (Lipinski definition) is 3. The highest BCUT2D eigenvalue weighted by Crippen LogP contribution is 2.21. The maximum absolute atomic E-state index is 13.3. The molecule has 21 heavy (non-hydrogen) atoms. The van der Waals surface area contributed by atoms with Gasteiger partial charge in [0.2, 0.25) is 0 Å². The van der Waals surface area contributed by atoms with Gasteiger partial charge in [0.25, 0.3) is 0 Å². The van der Waals surface area contributed by atoms with E-state index in [2.05, 4.69) is 5.32 Å². The molecule has 2 N–H and O–H groups in total. The molecule has 2 rings (SSSR count). The third-order valence-corrected chi connectivity index (χ3v) is 3.19. The molecule has 0 bridgehead atoms. The summed E-state index contributed by atoms with van der Waals surface area (Å²) in [5, 5.41) is 12.2. The second-order valence-electron chi connectivity index (χ2n) is 4.80. The van der Waals surface area contributed by atoms with E-state index in [0.717, 1.165) is 23.2 Å². The zero-order chi connectivity index (χ0) is 15.1. The molecule has 0 aliphatic heterocycles. The van der Waals surface area contributed by atoms with Gasteiger partial charge in [-0.1, -0.05) is 31.2 Å². The molecule has 0 aromatic heterocycles. The van der Waals surface area contributed by atoms with Crippen molar-refractivity contribution in [3.05, 3.63) is 65.0 Å². The number of ether oxygens (including phenoxy) is 1. The van der Waals surface area contributed by atoms with Crippen LogP contribution in [-0.4, -0.2) is 11.7 Å². The highest BCUT2D eigenvalue weighted by atomic mass is 19.1. The number of aliphatic hydroxyl groups is 1. The molecular formula is C17H20FNO2. The Morgan fingerprint density at radius 1 is 1.10 bits per heavy atom. The van der Waals surface area contributed by atoms with Crippen LogP contribution in [0, 0.1) is 5.82 Å². The summed E-state index contributed by atoms with van der Waals surface area (Å²) in [6.07, 6.45) is 0. The molecule has 2 aromatic carbocycles. The Bertz CT molecular complexity index is 570. The lowest BCUT2D eigenvalue weighted by Gasteiger charge is -2.12. The van der Waals surface area contributed by atoms with Crippen molar-refractivity contribution in [2.45, 2.75) is 26.7 Å². The summed E-state index contributed by atoms with van der Waals surface area (Å²) in [6.45, 7) is 3.84. The Balaban J connectivity index is 2.04. The van der Waals surface area contributed by atoms with Gasteiger partial charge >= 0.3 is 0 Å². The van der Waals surface area contributed by atoms with Crippen molar-refractivity contribution in [2.24, 2.45) is 0 Å². The van der Waals surface area contributed by atoms with Crippen molar-refractivity contribution in [3.8, 4) is 5.75 Å². The molecule has 0 heterocycles. The van der Waals surface area contributed by atoms with E-state index in [0.29, 0.717) is 18.9 Å². The summed E-state index contributed by atoms with van der Waals surface area (Å²) >= 11 is 0. The van der Waals surface area contributed by atoms with Crippen LogP contribution < -0.4 is 10.1 Å². The first kappa shape index (κ1) is 15.5. The first-order chi connectivity index (χ1) is 10.2. The monoisotopic (exact) mass is 289 g/mol. The molecule has 0 fully saturated rings. The van der Waals surface area contributed by atoms with Gasteiger partial charge in [-0.25, -0.2) is 4.39 Å². The molecule has 0 spiro atoms. The first-order valence-electron chi connectivity index (χ1n) is 7.03. The zero-order valence-corrected chi connectivity index (χ0v) is 12.1. The zero-order valence-electron chi connectivity index (χ0n) is 12.1. The number of aliphatic hydroxyl groups excluding tert-OH is 1. The maximum atomic E-state index is 13.3. The minimum atomic E-state index is -0.262. The summed E-state index contributed by atoms with van der Waals surface area (Å²) < 4.78 is 19.1. The van der Waals surface area contributed by atoms with Crippen LogP contribution in [0.2, 0.25) is 0 Å². The molecule has 0 aliphatic rings. The van der Waals surface area contributed by atoms with Crippen LogP contribution in [0.5, 0.6) is 5.75 Å². The van der Waals surface area contributed by atoms with Gasteiger partial charge in [0.05, 0.1) is 6.61 Å². The standard InChI is InChI=1S/C17H20FNO2/c1-2-19-10-15-9-16(18)7-8-17(15)21-12-14-5-3-13(11-20)4-6-14/h3-9,19-20H,2,10-12H2,1H3. The number of hydrogen-bond donors (Lipinski definition) is 2. The summed E-state index contributed by atoms with van der Waals surface area (Å²) in [7, 11) is 0. The third-order valence-electron chi connectivity index (χ3n) is 3.19. The van der Waals surface area contributed by atoms with Crippen LogP contribution in [0.1, 0.15) is 23.6 Å². The number of benzene rings is 2. The molecule has 2 aromatic rings. The molecule has 112 valence electrons. The molecule has 0 saturated heterocycles. The Hall–Kier alpha value is -1.91. The van der Waals surface area contributed by atoms with Gasteiger partial charge in [0, 0.05) is 12.1 Å². The predicted molar refractivity (Wildman–Crippen MR) is 80.5 cm³/mol. The van der Waals surface area contributed by atoms with E-state index in [9.17, 15) is 4.39 Å². The second-order valence-corrected chi connectivity index (χ2v) is 4.80. The van der Waals surface area contributed by atoms with Gasteiger partial charge in [-0.2, -0.15) is 0 Å². The quantitative estimate of drug-likeness (QED) is 0.823. The average Bonchev–Trinajstić information content (AvgIpc) is 2.52. The molecule has 0 amide bonds. The molecular weight excluding hydrogens is 269 g/mol. The van der Waals surface area contributed by atoms with Crippen LogP contribution in [-0.2, 0) is 19.8 Å². The summed E-state index contributed by atoms with van der Waals surface area (Å²) in [5.74, 6) is 0.422. The minimum Gasteiger partial charge on any atom is -0.489 e. The van der Waals surface area contributed by atoms with Crippen LogP contribution in [0.15, 0.2) is 42.5 Å². The third kappa shape index (κ3) is 4.55. The van der Waals surface area contributed by atoms with E-state index in [1.807, 2.05) is 31.2 Å². The fourth-order valence-corrected chi connectivity index (χ4v) is 1.99. The van der Waals surface area contributed by atoms with E-state index in [4.69, 9.17) is 9.84 Å². The number of rotatable bonds is 7. The van der Waals surface area contributed by atoms with Gasteiger partial charge < -0.3 is 15.2 Å². The van der Waals surface area contributed by atoms with Crippen molar-refractivity contribution in [1.29, 1.82) is 0 Å². The lowest BCUT2D eigenvalue weighted by atomic mass is 10.1. The lowest BCUT2D eigenvalue weighted by Crippen LogP contribution is -2.13. The minimum absolute atomic E-state index is 0.0337. The van der Waals surface area contributed by atoms with Crippen LogP contribution >= 0.6 is 0 Å². The van der Waals surface area contributed by atoms with E-state index < -0.39 is 0 Å². The summed E-state index contributed by atoms with van der Waals surface area (Å²) in [6, 6.07) is 12.1. The Labute approximate surface area is 124 Å². The van der Waals surface area contributed by atoms with Crippen molar-refractivity contribution in [2.75, 3.05) is 6.54 Å². The van der Waals surface area contributed by atoms with Crippen molar-refractivity contribution < 1.29 is 14.2 Å². The Kier molecular flexibility index (Phi) is 5.72. The Morgan fingerprint density at radius 3 is 2.48 bits per heavy atom. The molecule has 0 atom stereocenters. The molecule has 4 heteroatoms. The van der Waals surface area contributed by atoms with E-state index in [1.165, 1.54) is 12.1 Å². The predicted octanol–water partition coefficient (Wildman–Crippen LogP) is 3.01.